The minimum Gasteiger partial charge on any atom is -0.497 e. The molecule has 208 valence electrons. The Morgan fingerprint density at radius 2 is 1.64 bits per heavy atom. The lowest BCUT2D eigenvalue weighted by Crippen LogP contribution is -2.51. The third-order valence-electron chi connectivity index (χ3n) is 6.08. The fourth-order valence-corrected chi connectivity index (χ4v) is 5.57. The van der Waals surface area contributed by atoms with Gasteiger partial charge in [-0.2, -0.15) is 0 Å². The molecule has 0 aliphatic rings. The Labute approximate surface area is 234 Å². The van der Waals surface area contributed by atoms with Crippen molar-refractivity contribution < 1.29 is 27.5 Å². The van der Waals surface area contributed by atoms with Crippen molar-refractivity contribution in [3.63, 3.8) is 0 Å². The maximum absolute atomic E-state index is 13.9. The number of nitrogens with one attached hydrogen (secondary N) is 1. The molecule has 0 radical (unpaired) electrons. The minimum absolute atomic E-state index is 0.00865. The second-order valence-electron chi connectivity index (χ2n) is 8.55. The lowest BCUT2D eigenvalue weighted by molar-refractivity contribution is -0.139. The topological polar surface area (TPSA) is 105 Å². The summed E-state index contributed by atoms with van der Waals surface area (Å²) in [7, 11) is -1.40. The number of rotatable bonds is 12. The number of carbonyl (C=O) groups is 2. The van der Waals surface area contributed by atoms with Crippen LogP contribution in [0.15, 0.2) is 77.7 Å². The second kappa shape index (κ2) is 13.3. The highest BCUT2D eigenvalue weighted by molar-refractivity contribution is 7.92. The van der Waals surface area contributed by atoms with E-state index in [1.54, 1.807) is 68.4 Å². The molecule has 0 heterocycles. The Morgan fingerprint density at radius 3 is 2.26 bits per heavy atom. The normalized spacial score (nSPS) is 11.8. The molecular weight excluding hydrogens is 542 g/mol. The van der Waals surface area contributed by atoms with Gasteiger partial charge >= 0.3 is 0 Å². The number of hydrogen-bond acceptors (Lipinski definition) is 6. The molecule has 39 heavy (non-hydrogen) atoms. The predicted octanol–water partition coefficient (Wildman–Crippen LogP) is 4.11. The van der Waals surface area contributed by atoms with Crippen LogP contribution in [0.5, 0.6) is 11.5 Å². The van der Waals surface area contributed by atoms with E-state index in [2.05, 4.69) is 5.32 Å². The van der Waals surface area contributed by atoms with E-state index in [9.17, 15) is 18.0 Å². The quantitative estimate of drug-likeness (QED) is 0.350. The Hall–Kier alpha value is -3.76. The van der Waals surface area contributed by atoms with Crippen LogP contribution in [-0.2, 0) is 26.2 Å². The lowest BCUT2D eigenvalue weighted by atomic mass is 10.1. The number of amides is 2. The van der Waals surface area contributed by atoms with Crippen LogP contribution in [-0.4, -0.2) is 58.5 Å². The summed E-state index contributed by atoms with van der Waals surface area (Å²) in [6, 6.07) is 18.5. The Morgan fingerprint density at radius 1 is 0.974 bits per heavy atom. The fourth-order valence-electron chi connectivity index (χ4n) is 3.94. The molecule has 1 N–H and O–H groups in total. The van der Waals surface area contributed by atoms with E-state index >= 15 is 0 Å². The first-order chi connectivity index (χ1) is 18.6. The average molecular weight is 574 g/mol. The van der Waals surface area contributed by atoms with Gasteiger partial charge in [0, 0.05) is 24.2 Å². The van der Waals surface area contributed by atoms with Crippen LogP contribution < -0.4 is 19.1 Å². The van der Waals surface area contributed by atoms with E-state index in [1.807, 2.05) is 0 Å². The molecule has 3 rings (SSSR count). The third kappa shape index (κ3) is 7.01. The zero-order chi connectivity index (χ0) is 28.6. The number of hydrogen-bond donors (Lipinski definition) is 1. The zero-order valence-corrected chi connectivity index (χ0v) is 23.8. The van der Waals surface area contributed by atoms with Gasteiger partial charge in [0.05, 0.1) is 24.8 Å². The monoisotopic (exact) mass is 573 g/mol. The number of benzene rings is 3. The highest BCUT2D eigenvalue weighted by Gasteiger charge is 2.34. The SMILES string of the molecule is CCNC(=O)[C@@H](C)N(Cc1ccccc1Cl)C(=O)CN(c1cc(OC)ccc1OC)S(=O)(=O)c1ccccc1. The molecule has 0 saturated carbocycles. The molecule has 0 aliphatic carbocycles. The summed E-state index contributed by atoms with van der Waals surface area (Å²) in [6.07, 6.45) is 0. The van der Waals surface area contributed by atoms with Crippen molar-refractivity contribution in [3.8, 4) is 11.5 Å². The average Bonchev–Trinajstić information content (AvgIpc) is 2.95. The van der Waals surface area contributed by atoms with Crippen molar-refractivity contribution in [2.45, 2.75) is 31.3 Å². The first-order valence-corrected chi connectivity index (χ1v) is 14.1. The van der Waals surface area contributed by atoms with E-state index in [4.69, 9.17) is 21.1 Å². The molecule has 9 nitrogen and oxygen atoms in total. The van der Waals surface area contributed by atoms with E-state index in [1.165, 1.54) is 37.3 Å². The predicted molar refractivity (Wildman–Crippen MR) is 151 cm³/mol. The number of ether oxygens (including phenoxy) is 2. The largest absolute Gasteiger partial charge is 0.497 e. The van der Waals surface area contributed by atoms with Gasteiger partial charge in [0.1, 0.15) is 24.1 Å². The maximum atomic E-state index is 13.9. The van der Waals surface area contributed by atoms with Crippen LogP contribution in [0.4, 0.5) is 5.69 Å². The summed E-state index contributed by atoms with van der Waals surface area (Å²) in [4.78, 5) is 28.1. The number of likely N-dealkylation sites (N-methyl/N-ethyl adjacent to an activating group) is 1. The van der Waals surface area contributed by atoms with Crippen molar-refractivity contribution in [3.05, 3.63) is 83.4 Å². The molecule has 0 saturated heterocycles. The first-order valence-electron chi connectivity index (χ1n) is 12.2. The van der Waals surface area contributed by atoms with Crippen LogP contribution in [0.25, 0.3) is 0 Å². The summed E-state index contributed by atoms with van der Waals surface area (Å²) in [6.45, 7) is 3.10. The minimum atomic E-state index is -4.25. The molecule has 0 bridgehead atoms. The summed E-state index contributed by atoms with van der Waals surface area (Å²) in [5, 5.41) is 3.14. The summed E-state index contributed by atoms with van der Waals surface area (Å²) < 4.78 is 39.6. The molecule has 0 unspecified atom stereocenters. The Balaban J connectivity index is 2.12. The summed E-state index contributed by atoms with van der Waals surface area (Å²) >= 11 is 6.37. The second-order valence-corrected chi connectivity index (χ2v) is 10.8. The number of anilines is 1. The van der Waals surface area contributed by atoms with Crippen molar-refractivity contribution in [2.75, 3.05) is 31.6 Å². The number of sulfonamides is 1. The number of nitrogens with zero attached hydrogens (tertiary/aromatic N) is 2. The first kappa shape index (κ1) is 29.8. The van der Waals surface area contributed by atoms with Crippen LogP contribution in [0, 0.1) is 0 Å². The number of halogens is 1. The van der Waals surface area contributed by atoms with Crippen LogP contribution in [0.3, 0.4) is 0 Å². The van der Waals surface area contributed by atoms with Crippen molar-refractivity contribution in [1.29, 1.82) is 0 Å². The molecule has 0 aliphatic heterocycles. The fraction of sp³-hybridized carbons (Fsp3) is 0.286. The van der Waals surface area contributed by atoms with Crippen molar-refractivity contribution in [2.24, 2.45) is 0 Å². The summed E-state index contributed by atoms with van der Waals surface area (Å²) in [5.41, 5.74) is 0.720. The van der Waals surface area contributed by atoms with E-state index in [0.717, 1.165) is 4.31 Å². The Bertz CT molecular complexity index is 1400. The highest BCUT2D eigenvalue weighted by atomic mass is 35.5. The molecule has 0 aromatic heterocycles. The standard InChI is InChI=1S/C28H32ClN3O6S/c1-5-30-28(34)20(2)31(18-21-11-9-10-14-24(21)29)27(33)19-32(39(35,36)23-12-7-6-8-13-23)25-17-22(37-3)15-16-26(25)38-4/h6-17,20H,5,18-19H2,1-4H3,(H,30,34)/t20-/m1/s1. The van der Waals surface area contributed by atoms with E-state index in [0.29, 0.717) is 22.9 Å². The van der Waals surface area contributed by atoms with Crippen LogP contribution in [0.1, 0.15) is 19.4 Å². The molecule has 11 heteroatoms. The van der Waals surface area contributed by atoms with Crippen LogP contribution in [0.2, 0.25) is 5.02 Å². The van der Waals surface area contributed by atoms with Crippen molar-refractivity contribution in [1.82, 2.24) is 10.2 Å². The maximum Gasteiger partial charge on any atom is 0.264 e. The molecule has 1 atom stereocenters. The molecule has 3 aromatic carbocycles. The van der Waals surface area contributed by atoms with Gasteiger partial charge in [-0.3, -0.25) is 13.9 Å². The van der Waals surface area contributed by atoms with Gasteiger partial charge < -0.3 is 19.7 Å². The van der Waals surface area contributed by atoms with Crippen LogP contribution >= 0.6 is 11.6 Å². The highest BCUT2D eigenvalue weighted by Crippen LogP contribution is 2.36. The van der Waals surface area contributed by atoms with Gasteiger partial charge in [-0.1, -0.05) is 48.0 Å². The molecule has 0 spiro atoms. The Kier molecular flexibility index (Phi) is 10.2. The number of carbonyl (C=O) groups excluding carboxylic acids is 2. The molecule has 3 aromatic rings. The van der Waals surface area contributed by atoms with Gasteiger partial charge in [-0.05, 0) is 49.7 Å². The van der Waals surface area contributed by atoms with E-state index < -0.39 is 28.5 Å². The summed E-state index contributed by atoms with van der Waals surface area (Å²) in [5.74, 6) is -0.403. The lowest BCUT2D eigenvalue weighted by Gasteiger charge is -2.32. The van der Waals surface area contributed by atoms with Gasteiger partial charge in [-0.25, -0.2) is 8.42 Å². The molecule has 0 fully saturated rings. The van der Waals surface area contributed by atoms with Crippen molar-refractivity contribution >= 4 is 39.1 Å². The number of methoxy groups -OCH3 is 2. The van der Waals surface area contributed by atoms with Gasteiger partial charge in [0.25, 0.3) is 10.0 Å². The third-order valence-corrected chi connectivity index (χ3v) is 8.22. The zero-order valence-electron chi connectivity index (χ0n) is 22.3. The smallest absolute Gasteiger partial charge is 0.264 e. The molecular formula is C28H32ClN3O6S. The van der Waals surface area contributed by atoms with Gasteiger partial charge in [0.2, 0.25) is 11.8 Å². The van der Waals surface area contributed by atoms with E-state index in [-0.39, 0.29) is 28.8 Å². The molecule has 2 amide bonds. The van der Waals surface area contributed by atoms with Gasteiger partial charge in [-0.15, -0.1) is 0 Å². The van der Waals surface area contributed by atoms with Gasteiger partial charge in [0.15, 0.2) is 0 Å².